The number of thiophene rings is 1. The molecule has 1 fully saturated rings. The lowest BCUT2D eigenvalue weighted by Crippen LogP contribution is -2.40. The Bertz CT molecular complexity index is 460. The van der Waals surface area contributed by atoms with Crippen LogP contribution in [-0.2, 0) is 12.8 Å². The van der Waals surface area contributed by atoms with Gasteiger partial charge in [-0.15, -0.1) is 23.7 Å². The first-order valence-electron chi connectivity index (χ1n) is 6.91. The molecule has 3 rings (SSSR count). The molecule has 3 nitrogen and oxygen atoms in total. The molecule has 0 bridgehead atoms. The van der Waals surface area contributed by atoms with Crippen LogP contribution in [0, 0.1) is 0 Å². The Labute approximate surface area is 124 Å². The van der Waals surface area contributed by atoms with Crippen LogP contribution >= 0.6 is 23.7 Å². The molecule has 1 aliphatic heterocycles. The minimum Gasteiger partial charge on any atom is -0.334 e. The molecule has 1 atom stereocenters. The summed E-state index contributed by atoms with van der Waals surface area (Å²) in [6.45, 7) is 1.48. The lowest BCUT2D eigenvalue weighted by atomic mass is 9.95. The summed E-state index contributed by atoms with van der Waals surface area (Å²) in [5.41, 5.74) is 8.06. The van der Waals surface area contributed by atoms with Crippen LogP contribution < -0.4 is 5.73 Å². The van der Waals surface area contributed by atoms with Gasteiger partial charge in [-0.25, -0.2) is 0 Å². The number of nitrogens with two attached hydrogens (primary N) is 1. The molecule has 0 radical (unpaired) electrons. The number of amides is 1. The Kier molecular flexibility index (Phi) is 4.87. The molecule has 1 aromatic rings. The van der Waals surface area contributed by atoms with Gasteiger partial charge >= 0.3 is 0 Å². The van der Waals surface area contributed by atoms with Crippen molar-refractivity contribution in [3.63, 3.8) is 0 Å². The van der Waals surface area contributed by atoms with E-state index in [9.17, 15) is 4.79 Å². The summed E-state index contributed by atoms with van der Waals surface area (Å²) in [6.07, 6.45) is 6.91. The van der Waals surface area contributed by atoms with Gasteiger partial charge in [-0.3, -0.25) is 4.79 Å². The van der Waals surface area contributed by atoms with E-state index < -0.39 is 0 Å². The van der Waals surface area contributed by atoms with Crippen LogP contribution in [0.3, 0.4) is 0 Å². The molecule has 5 heteroatoms. The molecule has 0 saturated carbocycles. The maximum absolute atomic E-state index is 12.6. The number of carbonyl (C=O) groups is 1. The van der Waals surface area contributed by atoms with E-state index in [4.69, 9.17) is 5.73 Å². The number of carbonyl (C=O) groups excluding carboxylic acids is 1. The molecule has 0 spiro atoms. The number of hydrogen-bond acceptors (Lipinski definition) is 3. The van der Waals surface area contributed by atoms with E-state index in [-0.39, 0.29) is 24.4 Å². The molecule has 2 aliphatic rings. The normalized spacial score (nSPS) is 21.9. The largest absolute Gasteiger partial charge is 0.334 e. The average molecular weight is 301 g/mol. The highest BCUT2D eigenvalue weighted by Gasteiger charge is 2.31. The second-order valence-corrected chi connectivity index (χ2v) is 6.25. The minimum absolute atomic E-state index is 0. The second kappa shape index (κ2) is 6.25. The van der Waals surface area contributed by atoms with Gasteiger partial charge in [0.05, 0.1) is 5.56 Å². The standard InChI is InChI=1S/C14H20N2OS.ClH/c15-8-10-4-3-7-16(10)14(17)12-9-18-13-6-2-1-5-11(12)13;/h9-10H,1-8,15H2;1H. The van der Waals surface area contributed by atoms with Crippen molar-refractivity contribution in [2.75, 3.05) is 13.1 Å². The van der Waals surface area contributed by atoms with E-state index in [2.05, 4.69) is 5.38 Å². The fourth-order valence-corrected chi connectivity index (χ4v) is 4.30. The van der Waals surface area contributed by atoms with Gasteiger partial charge in [0.2, 0.25) is 0 Å². The topological polar surface area (TPSA) is 46.3 Å². The summed E-state index contributed by atoms with van der Waals surface area (Å²) >= 11 is 1.77. The Hall–Kier alpha value is -0.580. The average Bonchev–Trinajstić information content (AvgIpc) is 3.04. The maximum Gasteiger partial charge on any atom is 0.255 e. The predicted octanol–water partition coefficient (Wildman–Crippen LogP) is 2.61. The second-order valence-electron chi connectivity index (χ2n) is 5.29. The minimum atomic E-state index is 0. The molecule has 2 heterocycles. The SMILES string of the molecule is Cl.NCC1CCCN1C(=O)c1csc2c1CCCC2. The van der Waals surface area contributed by atoms with E-state index in [1.54, 1.807) is 11.3 Å². The summed E-state index contributed by atoms with van der Waals surface area (Å²) in [6, 6.07) is 0.261. The maximum atomic E-state index is 12.6. The van der Waals surface area contributed by atoms with Crippen LogP contribution in [0.2, 0.25) is 0 Å². The number of nitrogens with zero attached hydrogens (tertiary/aromatic N) is 1. The van der Waals surface area contributed by atoms with Crippen LogP contribution in [0.1, 0.15) is 46.5 Å². The van der Waals surface area contributed by atoms with Crippen molar-refractivity contribution in [1.29, 1.82) is 0 Å². The summed E-state index contributed by atoms with van der Waals surface area (Å²) < 4.78 is 0. The molecule has 2 N–H and O–H groups in total. The van der Waals surface area contributed by atoms with E-state index >= 15 is 0 Å². The van der Waals surface area contributed by atoms with Crippen molar-refractivity contribution in [1.82, 2.24) is 4.90 Å². The van der Waals surface area contributed by atoms with Gasteiger partial charge < -0.3 is 10.6 Å². The lowest BCUT2D eigenvalue weighted by molar-refractivity contribution is 0.0740. The van der Waals surface area contributed by atoms with Gasteiger partial charge in [0.25, 0.3) is 5.91 Å². The van der Waals surface area contributed by atoms with Crippen LogP contribution in [0.25, 0.3) is 0 Å². The lowest BCUT2D eigenvalue weighted by Gasteiger charge is -2.24. The van der Waals surface area contributed by atoms with Crippen molar-refractivity contribution >= 4 is 29.7 Å². The zero-order valence-electron chi connectivity index (χ0n) is 11.1. The van der Waals surface area contributed by atoms with Gasteiger partial charge in [0, 0.05) is 29.4 Å². The Morgan fingerprint density at radius 3 is 2.95 bits per heavy atom. The number of aryl methyl sites for hydroxylation is 1. The zero-order valence-corrected chi connectivity index (χ0v) is 12.7. The molecule has 1 aromatic heterocycles. The molecule has 1 saturated heterocycles. The smallest absolute Gasteiger partial charge is 0.255 e. The highest BCUT2D eigenvalue weighted by molar-refractivity contribution is 7.10. The number of halogens is 1. The third-order valence-electron chi connectivity index (χ3n) is 4.20. The van der Waals surface area contributed by atoms with Crippen molar-refractivity contribution in [3.8, 4) is 0 Å². The number of rotatable bonds is 2. The van der Waals surface area contributed by atoms with E-state index in [1.165, 1.54) is 23.3 Å². The van der Waals surface area contributed by atoms with Gasteiger partial charge in [0.15, 0.2) is 0 Å². The van der Waals surface area contributed by atoms with Crippen molar-refractivity contribution < 1.29 is 4.79 Å². The van der Waals surface area contributed by atoms with Gasteiger partial charge in [-0.2, -0.15) is 0 Å². The number of hydrogen-bond donors (Lipinski definition) is 1. The van der Waals surface area contributed by atoms with Crippen LogP contribution in [0.4, 0.5) is 0 Å². The Morgan fingerprint density at radius 1 is 1.37 bits per heavy atom. The fraction of sp³-hybridized carbons (Fsp3) is 0.643. The predicted molar refractivity (Wildman–Crippen MR) is 81.3 cm³/mol. The van der Waals surface area contributed by atoms with Crippen LogP contribution in [0.5, 0.6) is 0 Å². The van der Waals surface area contributed by atoms with E-state index in [1.807, 2.05) is 4.90 Å². The first kappa shape index (κ1) is 14.8. The van der Waals surface area contributed by atoms with Gasteiger partial charge in [-0.1, -0.05) is 0 Å². The third-order valence-corrected chi connectivity index (χ3v) is 5.29. The van der Waals surface area contributed by atoms with Crippen molar-refractivity contribution in [2.45, 2.75) is 44.6 Å². The zero-order chi connectivity index (χ0) is 12.5. The summed E-state index contributed by atoms with van der Waals surface area (Å²) in [5.74, 6) is 0.224. The molecule has 1 aliphatic carbocycles. The molecular formula is C14H21ClN2OS. The summed E-state index contributed by atoms with van der Waals surface area (Å²) in [4.78, 5) is 16.1. The number of likely N-dealkylation sites (tertiary alicyclic amines) is 1. The van der Waals surface area contributed by atoms with Crippen LogP contribution in [-0.4, -0.2) is 29.9 Å². The van der Waals surface area contributed by atoms with Crippen LogP contribution in [0.15, 0.2) is 5.38 Å². The molecule has 0 aromatic carbocycles. The van der Waals surface area contributed by atoms with E-state index in [0.717, 1.165) is 37.8 Å². The van der Waals surface area contributed by atoms with E-state index in [0.29, 0.717) is 6.54 Å². The quantitative estimate of drug-likeness (QED) is 0.912. The Balaban J connectivity index is 0.00000133. The Morgan fingerprint density at radius 2 is 2.16 bits per heavy atom. The first-order chi connectivity index (χ1) is 8.81. The van der Waals surface area contributed by atoms with Gasteiger partial charge in [-0.05, 0) is 44.1 Å². The van der Waals surface area contributed by atoms with Crippen molar-refractivity contribution in [2.24, 2.45) is 5.73 Å². The highest BCUT2D eigenvalue weighted by Crippen LogP contribution is 2.32. The third kappa shape index (κ3) is 2.67. The molecule has 106 valence electrons. The van der Waals surface area contributed by atoms with Crippen molar-refractivity contribution in [3.05, 3.63) is 21.4 Å². The van der Waals surface area contributed by atoms with Gasteiger partial charge in [0.1, 0.15) is 0 Å². The molecule has 1 amide bonds. The monoisotopic (exact) mass is 300 g/mol. The summed E-state index contributed by atoms with van der Waals surface area (Å²) in [7, 11) is 0. The molecule has 1 unspecified atom stereocenters. The first-order valence-corrected chi connectivity index (χ1v) is 7.79. The highest BCUT2D eigenvalue weighted by atomic mass is 35.5. The summed E-state index contributed by atoms with van der Waals surface area (Å²) in [5, 5.41) is 2.07. The molecular weight excluding hydrogens is 280 g/mol. The molecule has 19 heavy (non-hydrogen) atoms. The fourth-order valence-electron chi connectivity index (χ4n) is 3.18. The number of fused-ring (bicyclic) bond motifs is 1.